The van der Waals surface area contributed by atoms with Gasteiger partial charge in [0.2, 0.25) is 0 Å². The van der Waals surface area contributed by atoms with E-state index >= 15 is 0 Å². The summed E-state index contributed by atoms with van der Waals surface area (Å²) in [7, 11) is 0. The Kier molecular flexibility index (Phi) is 6.46. The standard InChI is InChI=1S/C18H19Cl2NO2/c1-2-23-18(22)11-15(21)9-12-3-5-13(6-4-12)16-10-14(19)7-8-17(16)20/h3-8,10,15H,2,9,11,21H2,1H3/t15-/m1/s1. The normalized spacial score (nSPS) is 12.0. The quantitative estimate of drug-likeness (QED) is 0.780. The predicted molar refractivity (Wildman–Crippen MR) is 94.8 cm³/mol. The first-order valence-electron chi connectivity index (χ1n) is 7.45. The number of carbonyl (C=O) groups is 1. The molecule has 0 amide bonds. The van der Waals surface area contributed by atoms with Crippen LogP contribution in [0.15, 0.2) is 42.5 Å². The number of nitrogens with two attached hydrogens (primary N) is 1. The van der Waals surface area contributed by atoms with E-state index in [9.17, 15) is 4.79 Å². The molecule has 5 heteroatoms. The third-order valence-corrected chi connectivity index (χ3v) is 3.99. The van der Waals surface area contributed by atoms with Crippen molar-refractivity contribution >= 4 is 29.2 Å². The summed E-state index contributed by atoms with van der Waals surface area (Å²) < 4.78 is 4.91. The Labute approximate surface area is 146 Å². The highest BCUT2D eigenvalue weighted by Gasteiger charge is 2.11. The third kappa shape index (κ3) is 5.24. The van der Waals surface area contributed by atoms with Crippen LogP contribution in [0.1, 0.15) is 18.9 Å². The van der Waals surface area contributed by atoms with Crippen LogP contribution in [0, 0.1) is 0 Å². The SMILES string of the molecule is CCOC(=O)C[C@H](N)Cc1ccc(-c2cc(Cl)ccc2Cl)cc1. The topological polar surface area (TPSA) is 52.3 Å². The Morgan fingerprint density at radius 2 is 1.87 bits per heavy atom. The highest BCUT2D eigenvalue weighted by atomic mass is 35.5. The zero-order chi connectivity index (χ0) is 16.8. The molecule has 122 valence electrons. The average Bonchev–Trinajstić information content (AvgIpc) is 2.50. The molecule has 0 heterocycles. The molecule has 2 aromatic rings. The van der Waals surface area contributed by atoms with Gasteiger partial charge in [0.1, 0.15) is 0 Å². The molecule has 0 aliphatic carbocycles. The van der Waals surface area contributed by atoms with Gasteiger partial charge >= 0.3 is 5.97 Å². The molecule has 0 radical (unpaired) electrons. The molecule has 0 spiro atoms. The molecule has 0 bridgehead atoms. The lowest BCUT2D eigenvalue weighted by molar-refractivity contribution is -0.143. The van der Waals surface area contributed by atoms with E-state index in [2.05, 4.69) is 0 Å². The van der Waals surface area contributed by atoms with Crippen molar-refractivity contribution in [3.63, 3.8) is 0 Å². The van der Waals surface area contributed by atoms with Gasteiger partial charge in [0.25, 0.3) is 0 Å². The summed E-state index contributed by atoms with van der Waals surface area (Å²) in [5, 5.41) is 1.30. The Hall–Kier alpha value is -1.55. The van der Waals surface area contributed by atoms with Crippen LogP contribution in [0.25, 0.3) is 11.1 Å². The number of benzene rings is 2. The second-order valence-corrected chi connectivity index (χ2v) is 6.14. The van der Waals surface area contributed by atoms with E-state index in [4.69, 9.17) is 33.7 Å². The first kappa shape index (κ1) is 17.8. The highest BCUT2D eigenvalue weighted by molar-refractivity contribution is 6.35. The van der Waals surface area contributed by atoms with E-state index in [0.29, 0.717) is 23.1 Å². The third-order valence-electron chi connectivity index (χ3n) is 3.43. The van der Waals surface area contributed by atoms with Crippen LogP contribution in [-0.2, 0) is 16.0 Å². The minimum Gasteiger partial charge on any atom is -0.466 e. The Morgan fingerprint density at radius 3 is 2.52 bits per heavy atom. The Bertz CT molecular complexity index is 671. The number of hydrogen-bond donors (Lipinski definition) is 1. The fraction of sp³-hybridized carbons (Fsp3) is 0.278. The van der Waals surface area contributed by atoms with Crippen LogP contribution in [0.5, 0.6) is 0 Å². The summed E-state index contributed by atoms with van der Waals surface area (Å²) in [6, 6.07) is 13.0. The Balaban J connectivity index is 2.05. The summed E-state index contributed by atoms with van der Waals surface area (Å²) in [6.45, 7) is 2.16. The minimum atomic E-state index is -0.262. The molecular weight excluding hydrogens is 333 g/mol. The maximum absolute atomic E-state index is 11.4. The second-order valence-electron chi connectivity index (χ2n) is 5.29. The van der Waals surface area contributed by atoms with Gasteiger partial charge in [-0.05, 0) is 42.7 Å². The van der Waals surface area contributed by atoms with Gasteiger partial charge in [-0.3, -0.25) is 4.79 Å². The number of esters is 1. The number of carbonyl (C=O) groups excluding carboxylic acids is 1. The van der Waals surface area contributed by atoms with Crippen LogP contribution in [0.3, 0.4) is 0 Å². The molecule has 0 unspecified atom stereocenters. The van der Waals surface area contributed by atoms with Crippen molar-refractivity contribution in [1.29, 1.82) is 0 Å². The van der Waals surface area contributed by atoms with Crippen LogP contribution in [-0.4, -0.2) is 18.6 Å². The molecule has 2 rings (SSSR count). The smallest absolute Gasteiger partial charge is 0.307 e. The Morgan fingerprint density at radius 1 is 1.17 bits per heavy atom. The first-order chi connectivity index (χ1) is 11.0. The van der Waals surface area contributed by atoms with Crippen LogP contribution in [0.4, 0.5) is 0 Å². The molecule has 3 nitrogen and oxygen atoms in total. The van der Waals surface area contributed by atoms with Gasteiger partial charge in [0, 0.05) is 21.7 Å². The summed E-state index contributed by atoms with van der Waals surface area (Å²) in [5.74, 6) is -0.262. The van der Waals surface area contributed by atoms with Gasteiger partial charge in [0.15, 0.2) is 0 Å². The van der Waals surface area contributed by atoms with E-state index in [-0.39, 0.29) is 18.4 Å². The fourth-order valence-electron chi connectivity index (χ4n) is 2.35. The van der Waals surface area contributed by atoms with E-state index in [0.717, 1.165) is 16.7 Å². The van der Waals surface area contributed by atoms with Gasteiger partial charge < -0.3 is 10.5 Å². The van der Waals surface area contributed by atoms with Crippen molar-refractivity contribution in [2.75, 3.05) is 6.61 Å². The molecule has 0 saturated heterocycles. The highest BCUT2D eigenvalue weighted by Crippen LogP contribution is 2.30. The molecule has 0 aliphatic rings. The molecule has 0 aromatic heterocycles. The number of rotatable bonds is 6. The summed E-state index contributed by atoms with van der Waals surface area (Å²) >= 11 is 12.2. The monoisotopic (exact) mass is 351 g/mol. The van der Waals surface area contributed by atoms with Gasteiger partial charge in [-0.1, -0.05) is 47.5 Å². The number of ether oxygens (including phenoxy) is 1. The van der Waals surface area contributed by atoms with Gasteiger partial charge in [-0.15, -0.1) is 0 Å². The van der Waals surface area contributed by atoms with Crippen LogP contribution in [0.2, 0.25) is 10.0 Å². The lowest BCUT2D eigenvalue weighted by Crippen LogP contribution is -2.27. The van der Waals surface area contributed by atoms with Crippen LogP contribution < -0.4 is 5.73 Å². The van der Waals surface area contributed by atoms with Crippen molar-refractivity contribution < 1.29 is 9.53 Å². The lowest BCUT2D eigenvalue weighted by Gasteiger charge is -2.12. The van der Waals surface area contributed by atoms with Crippen LogP contribution >= 0.6 is 23.2 Å². The summed E-state index contributed by atoms with van der Waals surface area (Å²) in [5.41, 5.74) is 8.93. The van der Waals surface area contributed by atoms with Gasteiger partial charge in [-0.25, -0.2) is 0 Å². The van der Waals surface area contributed by atoms with Crippen molar-refractivity contribution in [2.24, 2.45) is 5.73 Å². The largest absolute Gasteiger partial charge is 0.466 e. The molecule has 2 aromatic carbocycles. The molecular formula is C18H19Cl2NO2. The summed E-state index contributed by atoms with van der Waals surface area (Å²) in [4.78, 5) is 11.4. The molecule has 1 atom stereocenters. The van der Waals surface area contributed by atoms with E-state index in [1.165, 1.54) is 0 Å². The van der Waals surface area contributed by atoms with Crippen molar-refractivity contribution in [1.82, 2.24) is 0 Å². The lowest BCUT2D eigenvalue weighted by atomic mass is 10.00. The van der Waals surface area contributed by atoms with E-state index in [1.54, 1.807) is 19.1 Å². The van der Waals surface area contributed by atoms with E-state index < -0.39 is 0 Å². The second kappa shape index (κ2) is 8.34. The zero-order valence-corrected chi connectivity index (χ0v) is 14.4. The maximum atomic E-state index is 11.4. The van der Waals surface area contributed by atoms with Crippen molar-refractivity contribution in [3.8, 4) is 11.1 Å². The maximum Gasteiger partial charge on any atom is 0.307 e. The number of hydrogen-bond acceptors (Lipinski definition) is 3. The minimum absolute atomic E-state index is 0.218. The van der Waals surface area contributed by atoms with Gasteiger partial charge in [0.05, 0.1) is 13.0 Å². The molecule has 0 aliphatic heterocycles. The van der Waals surface area contributed by atoms with E-state index in [1.807, 2.05) is 30.3 Å². The van der Waals surface area contributed by atoms with Gasteiger partial charge in [-0.2, -0.15) is 0 Å². The summed E-state index contributed by atoms with van der Waals surface area (Å²) in [6.07, 6.45) is 0.831. The number of halogens is 2. The van der Waals surface area contributed by atoms with Crippen molar-refractivity contribution in [2.45, 2.75) is 25.8 Å². The predicted octanol–water partition coefficient (Wildman–Crippen LogP) is 4.48. The molecule has 23 heavy (non-hydrogen) atoms. The molecule has 0 fully saturated rings. The van der Waals surface area contributed by atoms with Crippen molar-refractivity contribution in [3.05, 3.63) is 58.1 Å². The zero-order valence-electron chi connectivity index (χ0n) is 12.9. The fourth-order valence-corrected chi connectivity index (χ4v) is 2.75. The first-order valence-corrected chi connectivity index (χ1v) is 8.20. The molecule has 2 N–H and O–H groups in total. The average molecular weight is 352 g/mol. The molecule has 0 saturated carbocycles.